The Labute approximate surface area is 127 Å². The van der Waals surface area contributed by atoms with E-state index in [1.807, 2.05) is 23.3 Å². The summed E-state index contributed by atoms with van der Waals surface area (Å²) in [4.78, 5) is 4.08. The van der Waals surface area contributed by atoms with Crippen LogP contribution in [0.5, 0.6) is 0 Å². The standard InChI is InChI=1S/C17H26N4/c1-3-9-19-17(6-5-15-7-10-18-11-8-15)16-13-20-21(14-16)12-4-2/h7-8,10-11,13-14,17,19H,3-6,9,12H2,1-2H3. The molecule has 2 aromatic heterocycles. The summed E-state index contributed by atoms with van der Waals surface area (Å²) in [5.74, 6) is 0. The smallest absolute Gasteiger partial charge is 0.0537 e. The number of aromatic nitrogens is 3. The van der Waals surface area contributed by atoms with E-state index in [-0.39, 0.29) is 0 Å². The van der Waals surface area contributed by atoms with E-state index >= 15 is 0 Å². The third kappa shape index (κ3) is 4.97. The average Bonchev–Trinajstić information content (AvgIpc) is 2.97. The van der Waals surface area contributed by atoms with E-state index in [9.17, 15) is 0 Å². The number of nitrogens with zero attached hydrogens (tertiary/aromatic N) is 3. The molecule has 0 spiro atoms. The van der Waals surface area contributed by atoms with Crippen LogP contribution in [0.2, 0.25) is 0 Å². The molecule has 1 unspecified atom stereocenters. The fourth-order valence-electron chi connectivity index (χ4n) is 2.48. The normalized spacial score (nSPS) is 12.5. The first-order valence-corrected chi connectivity index (χ1v) is 7.98. The van der Waals surface area contributed by atoms with Gasteiger partial charge in [-0.2, -0.15) is 5.10 Å². The third-order valence-corrected chi connectivity index (χ3v) is 3.62. The summed E-state index contributed by atoms with van der Waals surface area (Å²) in [5, 5.41) is 8.10. The van der Waals surface area contributed by atoms with Crippen LogP contribution in [0.3, 0.4) is 0 Å². The molecule has 2 rings (SSSR count). The van der Waals surface area contributed by atoms with Crippen molar-refractivity contribution in [2.24, 2.45) is 0 Å². The number of nitrogens with one attached hydrogen (secondary N) is 1. The van der Waals surface area contributed by atoms with Gasteiger partial charge in [0, 0.05) is 36.7 Å². The van der Waals surface area contributed by atoms with Gasteiger partial charge in [0.05, 0.1) is 6.20 Å². The maximum Gasteiger partial charge on any atom is 0.0537 e. The average molecular weight is 286 g/mol. The van der Waals surface area contributed by atoms with Gasteiger partial charge >= 0.3 is 0 Å². The van der Waals surface area contributed by atoms with Gasteiger partial charge in [0.2, 0.25) is 0 Å². The zero-order chi connectivity index (χ0) is 14.9. The van der Waals surface area contributed by atoms with Crippen LogP contribution in [-0.2, 0) is 13.0 Å². The summed E-state index contributed by atoms with van der Waals surface area (Å²) in [7, 11) is 0. The lowest BCUT2D eigenvalue weighted by molar-refractivity contribution is 0.498. The minimum atomic E-state index is 0.378. The number of hydrogen-bond donors (Lipinski definition) is 1. The maximum absolute atomic E-state index is 4.46. The molecule has 1 atom stereocenters. The van der Waals surface area contributed by atoms with Crippen molar-refractivity contribution >= 4 is 0 Å². The van der Waals surface area contributed by atoms with Crippen molar-refractivity contribution in [2.75, 3.05) is 6.54 Å². The van der Waals surface area contributed by atoms with Crippen molar-refractivity contribution < 1.29 is 0 Å². The van der Waals surface area contributed by atoms with Gasteiger partial charge in [-0.15, -0.1) is 0 Å². The Morgan fingerprint density at radius 1 is 1.19 bits per heavy atom. The van der Waals surface area contributed by atoms with E-state index in [1.54, 1.807) is 0 Å². The van der Waals surface area contributed by atoms with Crippen LogP contribution in [0.15, 0.2) is 36.9 Å². The van der Waals surface area contributed by atoms with Crippen LogP contribution in [0, 0.1) is 0 Å². The summed E-state index contributed by atoms with van der Waals surface area (Å²) in [6.07, 6.45) is 12.3. The van der Waals surface area contributed by atoms with Crippen LogP contribution >= 0.6 is 0 Å². The molecule has 0 fully saturated rings. The highest BCUT2D eigenvalue weighted by Gasteiger charge is 2.13. The molecule has 114 valence electrons. The van der Waals surface area contributed by atoms with Crippen molar-refractivity contribution in [3.63, 3.8) is 0 Å². The molecule has 0 radical (unpaired) electrons. The topological polar surface area (TPSA) is 42.7 Å². The molecule has 0 aliphatic heterocycles. The summed E-state index contributed by atoms with van der Waals surface area (Å²) in [6.45, 7) is 6.41. The first-order valence-electron chi connectivity index (χ1n) is 7.98. The lowest BCUT2D eigenvalue weighted by Gasteiger charge is -2.17. The molecule has 0 saturated carbocycles. The van der Waals surface area contributed by atoms with E-state index in [1.165, 1.54) is 11.1 Å². The second-order valence-corrected chi connectivity index (χ2v) is 5.44. The monoisotopic (exact) mass is 286 g/mol. The summed E-state index contributed by atoms with van der Waals surface area (Å²) < 4.78 is 2.04. The Balaban J connectivity index is 1.99. The molecule has 2 aromatic rings. The molecule has 0 aromatic carbocycles. The van der Waals surface area contributed by atoms with Gasteiger partial charge in [-0.3, -0.25) is 9.67 Å². The quantitative estimate of drug-likeness (QED) is 0.768. The zero-order valence-corrected chi connectivity index (χ0v) is 13.1. The Hall–Kier alpha value is -1.68. The van der Waals surface area contributed by atoms with Crippen molar-refractivity contribution in [1.82, 2.24) is 20.1 Å². The third-order valence-electron chi connectivity index (χ3n) is 3.62. The van der Waals surface area contributed by atoms with Gasteiger partial charge in [0.1, 0.15) is 0 Å². The summed E-state index contributed by atoms with van der Waals surface area (Å²) >= 11 is 0. The van der Waals surface area contributed by atoms with Gasteiger partial charge in [0.25, 0.3) is 0 Å². The SMILES string of the molecule is CCCNC(CCc1ccncc1)c1cnn(CCC)c1. The number of pyridine rings is 1. The molecule has 0 amide bonds. The molecule has 0 aliphatic carbocycles. The van der Waals surface area contributed by atoms with Gasteiger partial charge in [0.15, 0.2) is 0 Å². The highest BCUT2D eigenvalue weighted by molar-refractivity contribution is 5.14. The number of aryl methyl sites for hydroxylation is 2. The predicted molar refractivity (Wildman–Crippen MR) is 86.1 cm³/mol. The Kier molecular flexibility index (Phi) is 6.41. The molecule has 0 bridgehead atoms. The van der Waals surface area contributed by atoms with E-state index in [0.29, 0.717) is 6.04 Å². The predicted octanol–water partition coefficient (Wildman–Crippen LogP) is 3.36. The van der Waals surface area contributed by atoms with Gasteiger partial charge in [-0.05, 0) is 49.9 Å². The Morgan fingerprint density at radius 2 is 2.00 bits per heavy atom. The molecule has 4 heteroatoms. The molecule has 4 nitrogen and oxygen atoms in total. The molecular weight excluding hydrogens is 260 g/mol. The van der Waals surface area contributed by atoms with Crippen LogP contribution in [0.4, 0.5) is 0 Å². The molecular formula is C17H26N4. The number of rotatable bonds is 9. The van der Waals surface area contributed by atoms with Gasteiger partial charge < -0.3 is 5.32 Å². The zero-order valence-electron chi connectivity index (χ0n) is 13.1. The Morgan fingerprint density at radius 3 is 2.71 bits per heavy atom. The molecule has 0 aliphatic rings. The fraction of sp³-hybridized carbons (Fsp3) is 0.529. The lowest BCUT2D eigenvalue weighted by atomic mass is 10.0. The van der Waals surface area contributed by atoms with E-state index in [4.69, 9.17) is 0 Å². The lowest BCUT2D eigenvalue weighted by Crippen LogP contribution is -2.22. The van der Waals surface area contributed by atoms with Crippen LogP contribution in [0.1, 0.15) is 50.3 Å². The van der Waals surface area contributed by atoms with Gasteiger partial charge in [-0.1, -0.05) is 13.8 Å². The van der Waals surface area contributed by atoms with E-state index in [0.717, 1.165) is 38.8 Å². The summed E-state index contributed by atoms with van der Waals surface area (Å²) in [5.41, 5.74) is 2.64. The minimum Gasteiger partial charge on any atom is -0.310 e. The van der Waals surface area contributed by atoms with Crippen molar-refractivity contribution in [2.45, 2.75) is 52.1 Å². The minimum absolute atomic E-state index is 0.378. The second-order valence-electron chi connectivity index (χ2n) is 5.44. The Bertz CT molecular complexity index is 507. The summed E-state index contributed by atoms with van der Waals surface area (Å²) in [6, 6.07) is 4.57. The van der Waals surface area contributed by atoms with Crippen LogP contribution < -0.4 is 5.32 Å². The molecule has 2 heterocycles. The maximum atomic E-state index is 4.46. The first kappa shape index (κ1) is 15.7. The first-order chi connectivity index (χ1) is 10.3. The van der Waals surface area contributed by atoms with Crippen LogP contribution in [0.25, 0.3) is 0 Å². The van der Waals surface area contributed by atoms with Crippen LogP contribution in [-0.4, -0.2) is 21.3 Å². The van der Waals surface area contributed by atoms with Gasteiger partial charge in [-0.25, -0.2) is 0 Å². The second kappa shape index (κ2) is 8.57. The molecule has 21 heavy (non-hydrogen) atoms. The molecule has 1 N–H and O–H groups in total. The fourth-order valence-corrected chi connectivity index (χ4v) is 2.48. The van der Waals surface area contributed by atoms with E-state index in [2.05, 4.69) is 47.6 Å². The highest BCUT2D eigenvalue weighted by atomic mass is 15.3. The van der Waals surface area contributed by atoms with Crippen molar-refractivity contribution in [3.05, 3.63) is 48.0 Å². The van der Waals surface area contributed by atoms with E-state index < -0.39 is 0 Å². The van der Waals surface area contributed by atoms with Crippen molar-refractivity contribution in [3.8, 4) is 0 Å². The highest BCUT2D eigenvalue weighted by Crippen LogP contribution is 2.19. The number of hydrogen-bond acceptors (Lipinski definition) is 3. The largest absolute Gasteiger partial charge is 0.310 e. The van der Waals surface area contributed by atoms with Crippen molar-refractivity contribution in [1.29, 1.82) is 0 Å². The molecule has 0 saturated heterocycles.